The van der Waals surface area contributed by atoms with Crippen molar-refractivity contribution in [3.05, 3.63) is 58.9 Å². The van der Waals surface area contributed by atoms with E-state index in [0.29, 0.717) is 16.0 Å². The number of rotatable bonds is 4. The average Bonchev–Trinajstić information content (AvgIpc) is 2.42. The number of carbonyl (C=O) groups is 1. The minimum Gasteiger partial charge on any atom is -0.366 e. The summed E-state index contributed by atoms with van der Waals surface area (Å²) < 4.78 is 40.7. The largest absolute Gasteiger partial charge is 0.366 e. The first-order chi connectivity index (χ1) is 10.3. The molecular formula is C16H15F3N2O. The van der Waals surface area contributed by atoms with E-state index in [4.69, 9.17) is 5.73 Å². The molecule has 0 aliphatic rings. The van der Waals surface area contributed by atoms with E-state index in [1.54, 1.807) is 0 Å². The molecular weight excluding hydrogens is 293 g/mol. The Morgan fingerprint density at radius 2 is 1.68 bits per heavy atom. The standard InChI is InChI=1S/C16H15F3N2O/c1-9-7-11(17)8-10(2)14(9)21(16(18)19)13-6-4-3-5-12(13)15(20)22/h3-8,16H,1-2H3,(H2,20,22). The van der Waals surface area contributed by atoms with Crippen molar-refractivity contribution in [1.29, 1.82) is 0 Å². The highest BCUT2D eigenvalue weighted by atomic mass is 19.3. The normalized spacial score (nSPS) is 10.8. The fourth-order valence-corrected chi connectivity index (χ4v) is 2.50. The molecule has 2 rings (SSSR count). The molecule has 0 radical (unpaired) electrons. The van der Waals surface area contributed by atoms with E-state index in [0.717, 1.165) is 0 Å². The molecule has 0 spiro atoms. The predicted molar refractivity (Wildman–Crippen MR) is 79.0 cm³/mol. The van der Waals surface area contributed by atoms with E-state index >= 15 is 0 Å². The Hall–Kier alpha value is -2.50. The van der Waals surface area contributed by atoms with Crippen LogP contribution in [-0.4, -0.2) is 12.5 Å². The number of hydrogen-bond donors (Lipinski definition) is 1. The van der Waals surface area contributed by atoms with Crippen LogP contribution in [0.15, 0.2) is 36.4 Å². The molecule has 0 aliphatic carbocycles. The minimum atomic E-state index is -2.91. The number of primary amides is 1. The first-order valence-corrected chi connectivity index (χ1v) is 6.56. The lowest BCUT2D eigenvalue weighted by atomic mass is 10.1. The molecule has 116 valence electrons. The second-order valence-electron chi connectivity index (χ2n) is 4.92. The van der Waals surface area contributed by atoms with Gasteiger partial charge in [-0.05, 0) is 49.2 Å². The molecule has 0 heterocycles. The zero-order valence-electron chi connectivity index (χ0n) is 12.1. The number of alkyl halides is 2. The van der Waals surface area contributed by atoms with Crippen LogP contribution in [0.2, 0.25) is 0 Å². The van der Waals surface area contributed by atoms with Gasteiger partial charge in [0.05, 0.1) is 16.9 Å². The maximum absolute atomic E-state index is 13.7. The summed E-state index contributed by atoms with van der Waals surface area (Å²) in [5, 5.41) is 0. The van der Waals surface area contributed by atoms with Gasteiger partial charge in [0.1, 0.15) is 5.82 Å². The van der Waals surface area contributed by atoms with E-state index in [-0.39, 0.29) is 16.9 Å². The highest BCUT2D eigenvalue weighted by Gasteiger charge is 2.26. The average molecular weight is 308 g/mol. The quantitative estimate of drug-likeness (QED) is 0.871. The zero-order valence-corrected chi connectivity index (χ0v) is 12.1. The minimum absolute atomic E-state index is 0.0113. The second kappa shape index (κ2) is 6.09. The Morgan fingerprint density at radius 3 is 2.18 bits per heavy atom. The van der Waals surface area contributed by atoms with Gasteiger partial charge in [-0.3, -0.25) is 9.69 Å². The summed E-state index contributed by atoms with van der Waals surface area (Å²) in [5.74, 6) is -1.31. The van der Waals surface area contributed by atoms with Gasteiger partial charge in [-0.15, -0.1) is 0 Å². The number of nitrogens with zero attached hydrogens (tertiary/aromatic N) is 1. The molecule has 2 aromatic rings. The van der Waals surface area contributed by atoms with Gasteiger partial charge in [-0.2, -0.15) is 8.78 Å². The number of amides is 1. The van der Waals surface area contributed by atoms with Crippen LogP contribution in [0.3, 0.4) is 0 Å². The van der Waals surface area contributed by atoms with Gasteiger partial charge in [-0.1, -0.05) is 12.1 Å². The number of hydrogen-bond acceptors (Lipinski definition) is 2. The van der Waals surface area contributed by atoms with Gasteiger partial charge in [0, 0.05) is 0 Å². The smallest absolute Gasteiger partial charge is 0.319 e. The molecule has 22 heavy (non-hydrogen) atoms. The molecule has 2 N–H and O–H groups in total. The molecule has 0 saturated heterocycles. The predicted octanol–water partition coefficient (Wildman–Crippen LogP) is 3.90. The summed E-state index contributed by atoms with van der Waals surface area (Å²) in [4.78, 5) is 12.2. The number of benzene rings is 2. The van der Waals surface area contributed by atoms with E-state index in [1.165, 1.54) is 50.2 Å². The summed E-state index contributed by atoms with van der Waals surface area (Å²) in [6.07, 6.45) is 0. The number of carbonyl (C=O) groups excluding carboxylic acids is 1. The molecule has 3 nitrogen and oxygen atoms in total. The third kappa shape index (κ3) is 2.90. The van der Waals surface area contributed by atoms with Crippen molar-refractivity contribution in [3.63, 3.8) is 0 Å². The van der Waals surface area contributed by atoms with Crippen molar-refractivity contribution in [3.8, 4) is 0 Å². The summed E-state index contributed by atoms with van der Waals surface area (Å²) in [6.45, 7) is 0.157. The Bertz CT molecular complexity index is 693. The maximum Gasteiger partial charge on any atom is 0.319 e. The third-order valence-electron chi connectivity index (χ3n) is 3.32. The van der Waals surface area contributed by atoms with Gasteiger partial charge in [0.15, 0.2) is 0 Å². The molecule has 0 aliphatic heterocycles. The lowest BCUT2D eigenvalue weighted by Gasteiger charge is -2.28. The number of aryl methyl sites for hydroxylation is 2. The van der Waals surface area contributed by atoms with Crippen LogP contribution >= 0.6 is 0 Å². The van der Waals surface area contributed by atoms with Crippen LogP contribution in [0, 0.1) is 19.7 Å². The van der Waals surface area contributed by atoms with Gasteiger partial charge >= 0.3 is 6.55 Å². The van der Waals surface area contributed by atoms with Crippen molar-refractivity contribution >= 4 is 17.3 Å². The molecule has 0 atom stereocenters. The van der Waals surface area contributed by atoms with Crippen LogP contribution in [0.4, 0.5) is 24.5 Å². The Labute approximate surface area is 126 Å². The summed E-state index contributed by atoms with van der Waals surface area (Å²) >= 11 is 0. The SMILES string of the molecule is Cc1cc(F)cc(C)c1N(c1ccccc1C(N)=O)C(F)F. The number of halogens is 3. The Kier molecular flexibility index (Phi) is 4.40. The summed E-state index contributed by atoms with van der Waals surface area (Å²) in [7, 11) is 0. The molecule has 0 saturated carbocycles. The zero-order chi connectivity index (χ0) is 16.4. The fraction of sp³-hybridized carbons (Fsp3) is 0.188. The topological polar surface area (TPSA) is 46.3 Å². The van der Waals surface area contributed by atoms with Crippen LogP contribution in [-0.2, 0) is 0 Å². The van der Waals surface area contributed by atoms with E-state index in [1.807, 2.05) is 0 Å². The lowest BCUT2D eigenvalue weighted by Crippen LogP contribution is -2.28. The van der Waals surface area contributed by atoms with Gasteiger partial charge in [0.2, 0.25) is 0 Å². The first-order valence-electron chi connectivity index (χ1n) is 6.56. The van der Waals surface area contributed by atoms with E-state index in [9.17, 15) is 18.0 Å². The van der Waals surface area contributed by atoms with Crippen molar-refractivity contribution in [2.75, 3.05) is 4.90 Å². The first kappa shape index (κ1) is 15.9. The van der Waals surface area contributed by atoms with Gasteiger partial charge < -0.3 is 5.73 Å². The molecule has 0 aromatic heterocycles. The highest BCUT2D eigenvalue weighted by Crippen LogP contribution is 2.36. The van der Waals surface area contributed by atoms with Crippen molar-refractivity contribution in [2.24, 2.45) is 5.73 Å². The molecule has 0 fully saturated rings. The van der Waals surface area contributed by atoms with Crippen LogP contribution in [0.25, 0.3) is 0 Å². The van der Waals surface area contributed by atoms with Gasteiger partial charge in [-0.25, -0.2) is 4.39 Å². The van der Waals surface area contributed by atoms with Crippen molar-refractivity contribution in [1.82, 2.24) is 0 Å². The third-order valence-corrected chi connectivity index (χ3v) is 3.32. The van der Waals surface area contributed by atoms with Crippen LogP contribution in [0.1, 0.15) is 21.5 Å². The van der Waals surface area contributed by atoms with Crippen LogP contribution in [0.5, 0.6) is 0 Å². The maximum atomic E-state index is 13.7. The van der Waals surface area contributed by atoms with Gasteiger partial charge in [0.25, 0.3) is 5.91 Å². The summed E-state index contributed by atoms with van der Waals surface area (Å²) in [6, 6.07) is 8.17. The Morgan fingerprint density at radius 1 is 1.14 bits per heavy atom. The van der Waals surface area contributed by atoms with Crippen LogP contribution < -0.4 is 10.6 Å². The number of anilines is 2. The number of nitrogens with two attached hydrogens (primary N) is 1. The molecule has 1 amide bonds. The molecule has 0 bridgehead atoms. The van der Waals surface area contributed by atoms with E-state index < -0.39 is 18.3 Å². The highest BCUT2D eigenvalue weighted by molar-refractivity contribution is 5.99. The van der Waals surface area contributed by atoms with E-state index in [2.05, 4.69) is 0 Å². The Balaban J connectivity index is 2.71. The molecule has 2 aromatic carbocycles. The second-order valence-corrected chi connectivity index (χ2v) is 4.92. The number of para-hydroxylation sites is 1. The van der Waals surface area contributed by atoms with Crippen molar-refractivity contribution in [2.45, 2.75) is 20.4 Å². The monoisotopic (exact) mass is 308 g/mol. The lowest BCUT2D eigenvalue weighted by molar-refractivity contribution is 0.1000. The molecule has 6 heteroatoms. The summed E-state index contributed by atoms with van der Waals surface area (Å²) in [5.41, 5.74) is 6.07. The molecule has 0 unspecified atom stereocenters. The van der Waals surface area contributed by atoms with Crippen molar-refractivity contribution < 1.29 is 18.0 Å². The fourth-order valence-electron chi connectivity index (χ4n) is 2.50.